The van der Waals surface area contributed by atoms with Gasteiger partial charge in [-0.3, -0.25) is 9.59 Å². The fourth-order valence-corrected chi connectivity index (χ4v) is 2.06. The van der Waals surface area contributed by atoms with E-state index in [1.165, 1.54) is 0 Å². The Hall–Kier alpha value is -2.62. The molecule has 0 radical (unpaired) electrons. The van der Waals surface area contributed by atoms with Crippen LogP contribution in [0.5, 0.6) is 5.75 Å². The van der Waals surface area contributed by atoms with E-state index in [-0.39, 0.29) is 11.9 Å². The van der Waals surface area contributed by atoms with Crippen molar-refractivity contribution in [2.45, 2.75) is 32.8 Å². The first-order valence-corrected chi connectivity index (χ1v) is 7.67. The van der Waals surface area contributed by atoms with Gasteiger partial charge >= 0.3 is 11.9 Å². The Bertz CT molecular complexity index is 649. The average molecular weight is 312 g/mol. The second-order valence-corrected chi connectivity index (χ2v) is 5.08. The summed E-state index contributed by atoms with van der Waals surface area (Å²) in [4.78, 5) is 21.6. The van der Waals surface area contributed by atoms with Gasteiger partial charge in [-0.2, -0.15) is 0 Å². The number of ether oxygens (including phenoxy) is 2. The lowest BCUT2D eigenvalue weighted by molar-refractivity contribution is -0.144. The van der Waals surface area contributed by atoms with Crippen LogP contribution in [0.1, 0.15) is 30.9 Å². The van der Waals surface area contributed by atoms with Gasteiger partial charge in [-0.05, 0) is 23.6 Å². The Morgan fingerprint density at radius 3 is 2.48 bits per heavy atom. The summed E-state index contributed by atoms with van der Waals surface area (Å²) in [5.41, 5.74) is 2.16. The Kier molecular flexibility index (Phi) is 6.36. The molecule has 4 heteroatoms. The highest BCUT2D eigenvalue weighted by molar-refractivity contribution is 5.75. The van der Waals surface area contributed by atoms with E-state index < -0.39 is 0 Å². The number of benzene rings is 2. The molecule has 2 aromatic rings. The van der Waals surface area contributed by atoms with Crippen LogP contribution in [0, 0.1) is 0 Å². The predicted octanol–water partition coefficient (Wildman–Crippen LogP) is 3.68. The van der Waals surface area contributed by atoms with Crippen LogP contribution in [0.25, 0.3) is 0 Å². The topological polar surface area (TPSA) is 52.6 Å². The van der Waals surface area contributed by atoms with Crippen molar-refractivity contribution >= 4 is 11.9 Å². The monoisotopic (exact) mass is 312 g/mol. The van der Waals surface area contributed by atoms with Crippen molar-refractivity contribution in [3.8, 4) is 5.75 Å². The molecule has 1 aliphatic heterocycles. The molecular weight excluding hydrogens is 292 g/mol. The Morgan fingerprint density at radius 1 is 1.04 bits per heavy atom. The number of para-hydroxylation sites is 1. The summed E-state index contributed by atoms with van der Waals surface area (Å²) < 4.78 is 9.93. The van der Waals surface area contributed by atoms with Crippen molar-refractivity contribution in [2.75, 3.05) is 0 Å². The maximum absolute atomic E-state index is 10.8. The van der Waals surface area contributed by atoms with Gasteiger partial charge in [-0.25, -0.2) is 0 Å². The van der Waals surface area contributed by atoms with Crippen molar-refractivity contribution in [2.24, 2.45) is 0 Å². The molecular formula is C19H20O4. The first-order chi connectivity index (χ1) is 11.2. The minimum absolute atomic E-state index is 0.122. The summed E-state index contributed by atoms with van der Waals surface area (Å²) in [5.74, 6) is 0.450. The predicted molar refractivity (Wildman–Crippen MR) is 86.9 cm³/mol. The Labute approximate surface area is 136 Å². The highest BCUT2D eigenvalue weighted by Gasteiger charge is 2.15. The molecule has 2 aromatic carbocycles. The summed E-state index contributed by atoms with van der Waals surface area (Å²) in [5, 5.41) is 0. The molecule has 0 fully saturated rings. The number of carbonyl (C=O) groups is 2. The van der Waals surface area contributed by atoms with Crippen molar-refractivity contribution < 1.29 is 19.1 Å². The highest BCUT2D eigenvalue weighted by Crippen LogP contribution is 2.23. The molecule has 0 amide bonds. The molecule has 23 heavy (non-hydrogen) atoms. The van der Waals surface area contributed by atoms with E-state index >= 15 is 0 Å². The number of aryl methyl sites for hydroxylation is 1. The molecule has 1 aliphatic rings. The van der Waals surface area contributed by atoms with Crippen molar-refractivity contribution in [1.82, 2.24) is 0 Å². The SMILES string of the molecule is CCC(=O)OCc1ccccc1.O=C1CCc2ccccc2O1. The largest absolute Gasteiger partial charge is 0.461 e. The molecule has 0 unspecified atom stereocenters. The molecule has 0 saturated heterocycles. The van der Waals surface area contributed by atoms with Crippen molar-refractivity contribution in [3.63, 3.8) is 0 Å². The third-order valence-electron chi connectivity index (χ3n) is 3.33. The summed E-state index contributed by atoms with van der Waals surface area (Å²) >= 11 is 0. The standard InChI is InChI=1S/C10H12O2.C9H8O2/c1-2-10(11)12-8-9-6-4-3-5-7-9;10-9-6-5-7-3-1-2-4-8(7)11-9/h3-7H,2,8H2,1H3;1-4H,5-6H2. The van der Waals surface area contributed by atoms with Gasteiger partial charge in [-0.1, -0.05) is 55.5 Å². The third kappa shape index (κ3) is 5.58. The molecule has 3 rings (SSSR count). The molecule has 120 valence electrons. The van der Waals surface area contributed by atoms with Gasteiger partial charge in [0, 0.05) is 6.42 Å². The number of esters is 2. The second kappa shape index (κ2) is 8.73. The number of hydrogen-bond acceptors (Lipinski definition) is 4. The lowest BCUT2D eigenvalue weighted by atomic mass is 10.1. The molecule has 0 N–H and O–H groups in total. The fraction of sp³-hybridized carbons (Fsp3) is 0.263. The van der Waals surface area contributed by atoms with Gasteiger partial charge < -0.3 is 9.47 Å². The maximum atomic E-state index is 10.8. The lowest BCUT2D eigenvalue weighted by Gasteiger charge is -2.13. The van der Waals surface area contributed by atoms with Crippen LogP contribution >= 0.6 is 0 Å². The summed E-state index contributed by atoms with van der Waals surface area (Å²) in [6, 6.07) is 17.3. The summed E-state index contributed by atoms with van der Waals surface area (Å²) in [6.07, 6.45) is 1.76. The van der Waals surface area contributed by atoms with Crippen LogP contribution in [0.4, 0.5) is 0 Å². The van der Waals surface area contributed by atoms with Crippen molar-refractivity contribution in [1.29, 1.82) is 0 Å². The molecule has 1 heterocycles. The van der Waals surface area contributed by atoms with Gasteiger partial charge in [0.15, 0.2) is 0 Å². The quantitative estimate of drug-likeness (QED) is 0.641. The fourth-order valence-electron chi connectivity index (χ4n) is 2.06. The van der Waals surface area contributed by atoms with Crippen LogP contribution in [0.15, 0.2) is 54.6 Å². The van der Waals surface area contributed by atoms with Gasteiger partial charge in [0.05, 0.1) is 6.42 Å². The molecule has 0 spiro atoms. The van der Waals surface area contributed by atoms with E-state index in [1.807, 2.05) is 54.6 Å². The van der Waals surface area contributed by atoms with E-state index in [9.17, 15) is 9.59 Å². The molecule has 0 saturated carbocycles. The molecule has 0 aliphatic carbocycles. The van der Waals surface area contributed by atoms with Gasteiger partial charge in [0.25, 0.3) is 0 Å². The zero-order valence-electron chi connectivity index (χ0n) is 13.2. The van der Waals surface area contributed by atoms with Gasteiger partial charge in [-0.15, -0.1) is 0 Å². The van der Waals surface area contributed by atoms with E-state index in [4.69, 9.17) is 9.47 Å². The second-order valence-electron chi connectivity index (χ2n) is 5.08. The minimum Gasteiger partial charge on any atom is -0.461 e. The Balaban J connectivity index is 0.000000167. The maximum Gasteiger partial charge on any atom is 0.311 e. The third-order valence-corrected chi connectivity index (χ3v) is 3.33. The molecule has 4 nitrogen and oxygen atoms in total. The molecule has 0 bridgehead atoms. The normalized spacial score (nSPS) is 12.3. The van der Waals surface area contributed by atoms with Crippen LogP contribution in [0.2, 0.25) is 0 Å². The number of carbonyl (C=O) groups excluding carboxylic acids is 2. The van der Waals surface area contributed by atoms with Crippen LogP contribution in [-0.2, 0) is 27.4 Å². The first kappa shape index (κ1) is 16.7. The zero-order chi connectivity index (χ0) is 16.5. The van der Waals surface area contributed by atoms with E-state index in [1.54, 1.807) is 6.92 Å². The number of hydrogen-bond donors (Lipinski definition) is 0. The van der Waals surface area contributed by atoms with E-state index in [2.05, 4.69) is 0 Å². The van der Waals surface area contributed by atoms with Crippen LogP contribution in [-0.4, -0.2) is 11.9 Å². The van der Waals surface area contributed by atoms with Crippen LogP contribution < -0.4 is 4.74 Å². The molecule has 0 atom stereocenters. The summed E-state index contributed by atoms with van der Waals surface area (Å²) in [7, 11) is 0. The average Bonchev–Trinajstić information content (AvgIpc) is 2.61. The van der Waals surface area contributed by atoms with Gasteiger partial charge in [0.2, 0.25) is 0 Å². The zero-order valence-corrected chi connectivity index (χ0v) is 13.2. The Morgan fingerprint density at radius 2 is 1.74 bits per heavy atom. The first-order valence-electron chi connectivity index (χ1n) is 7.67. The number of rotatable bonds is 3. The van der Waals surface area contributed by atoms with E-state index in [0.717, 1.165) is 23.3 Å². The van der Waals surface area contributed by atoms with Crippen LogP contribution in [0.3, 0.4) is 0 Å². The lowest BCUT2D eigenvalue weighted by Crippen LogP contribution is -2.15. The smallest absolute Gasteiger partial charge is 0.311 e. The van der Waals surface area contributed by atoms with Crippen molar-refractivity contribution in [3.05, 3.63) is 65.7 Å². The van der Waals surface area contributed by atoms with Gasteiger partial charge in [0.1, 0.15) is 12.4 Å². The highest BCUT2D eigenvalue weighted by atomic mass is 16.5. The number of fused-ring (bicyclic) bond motifs is 1. The van der Waals surface area contributed by atoms with E-state index in [0.29, 0.717) is 19.4 Å². The molecule has 0 aromatic heterocycles. The summed E-state index contributed by atoms with van der Waals surface area (Å²) in [6.45, 7) is 2.17. The minimum atomic E-state index is -0.154.